The summed E-state index contributed by atoms with van der Waals surface area (Å²) >= 11 is 0. The van der Waals surface area contributed by atoms with Crippen LogP contribution in [0, 0.1) is 0 Å². The van der Waals surface area contributed by atoms with Crippen molar-refractivity contribution in [3.05, 3.63) is 54.1 Å². The van der Waals surface area contributed by atoms with Crippen molar-refractivity contribution < 1.29 is 4.74 Å². The number of rotatable bonds is 6. The van der Waals surface area contributed by atoms with Crippen LogP contribution in [0.2, 0.25) is 0 Å². The Hall–Kier alpha value is -2.47. The zero-order valence-corrected chi connectivity index (χ0v) is 13.7. The van der Waals surface area contributed by atoms with Crippen molar-refractivity contribution in [2.45, 2.75) is 25.9 Å². The van der Waals surface area contributed by atoms with Gasteiger partial charge >= 0.3 is 0 Å². The largest absolute Gasteiger partial charge is 0.376 e. The highest BCUT2D eigenvalue weighted by Crippen LogP contribution is 2.26. The van der Waals surface area contributed by atoms with Crippen LogP contribution >= 0.6 is 0 Å². The summed E-state index contributed by atoms with van der Waals surface area (Å²) in [5, 5.41) is 10.6. The van der Waals surface area contributed by atoms with Gasteiger partial charge in [0.2, 0.25) is 0 Å². The van der Waals surface area contributed by atoms with Gasteiger partial charge in [-0.05, 0) is 5.56 Å². The zero-order chi connectivity index (χ0) is 16.3. The first-order chi connectivity index (χ1) is 11.1. The van der Waals surface area contributed by atoms with E-state index in [9.17, 15) is 0 Å². The predicted octanol–water partition coefficient (Wildman–Crippen LogP) is 2.70. The summed E-state index contributed by atoms with van der Waals surface area (Å²) in [7, 11) is 1.99. The fraction of sp³-hybridized carbons (Fsp3) is 0.353. The van der Waals surface area contributed by atoms with E-state index in [2.05, 4.69) is 46.4 Å². The Morgan fingerprint density at radius 1 is 1.17 bits per heavy atom. The van der Waals surface area contributed by atoms with Gasteiger partial charge in [0.1, 0.15) is 11.5 Å². The highest BCUT2D eigenvalue weighted by Gasteiger charge is 2.27. The van der Waals surface area contributed by atoms with Gasteiger partial charge < -0.3 is 9.30 Å². The second-order valence-electron chi connectivity index (χ2n) is 6.24. The van der Waals surface area contributed by atoms with E-state index in [0.29, 0.717) is 13.2 Å². The Balaban J connectivity index is 1.70. The first kappa shape index (κ1) is 15.4. The van der Waals surface area contributed by atoms with E-state index in [1.54, 1.807) is 6.20 Å². The van der Waals surface area contributed by atoms with Crippen molar-refractivity contribution in [1.29, 1.82) is 0 Å². The molecule has 0 unspecified atom stereocenters. The van der Waals surface area contributed by atoms with E-state index in [0.717, 1.165) is 17.2 Å². The molecule has 0 aliphatic carbocycles. The molecule has 23 heavy (non-hydrogen) atoms. The fourth-order valence-electron chi connectivity index (χ4n) is 2.66. The molecule has 0 spiro atoms. The first-order valence-electron chi connectivity index (χ1n) is 7.58. The van der Waals surface area contributed by atoms with Crippen molar-refractivity contribution in [3.63, 3.8) is 0 Å². The van der Waals surface area contributed by atoms with Gasteiger partial charge in [-0.3, -0.25) is 0 Å². The molecule has 2 aromatic heterocycles. The predicted molar refractivity (Wildman–Crippen MR) is 87.7 cm³/mol. The van der Waals surface area contributed by atoms with Crippen LogP contribution in [0.5, 0.6) is 0 Å². The number of nitrogens with zero attached hydrogens (tertiary/aromatic N) is 4. The van der Waals surface area contributed by atoms with Crippen LogP contribution in [0.1, 0.15) is 25.2 Å². The number of aromatic amines is 1. The molecule has 0 aliphatic rings. The molecule has 1 N–H and O–H groups in total. The number of ether oxygens (including phenoxy) is 1. The van der Waals surface area contributed by atoms with Crippen molar-refractivity contribution in [1.82, 2.24) is 25.0 Å². The van der Waals surface area contributed by atoms with Crippen LogP contribution in [-0.2, 0) is 23.8 Å². The van der Waals surface area contributed by atoms with E-state index in [-0.39, 0.29) is 5.41 Å². The third kappa shape index (κ3) is 3.32. The number of hydrogen-bond donors (Lipinski definition) is 1. The van der Waals surface area contributed by atoms with Crippen molar-refractivity contribution >= 4 is 0 Å². The Labute approximate surface area is 135 Å². The Morgan fingerprint density at radius 2 is 1.96 bits per heavy atom. The summed E-state index contributed by atoms with van der Waals surface area (Å²) in [5.41, 5.74) is 2.69. The van der Waals surface area contributed by atoms with Crippen LogP contribution in [0.3, 0.4) is 0 Å². The summed E-state index contributed by atoms with van der Waals surface area (Å²) in [6, 6.07) is 10.2. The summed E-state index contributed by atoms with van der Waals surface area (Å²) in [6.07, 6.45) is 3.52. The van der Waals surface area contributed by atoms with Gasteiger partial charge in [0.25, 0.3) is 0 Å². The van der Waals surface area contributed by atoms with Crippen LogP contribution in [0.4, 0.5) is 0 Å². The van der Waals surface area contributed by atoms with Crippen LogP contribution in [-0.4, -0.2) is 31.6 Å². The Kier molecular flexibility index (Phi) is 4.25. The maximum atomic E-state index is 5.91. The Morgan fingerprint density at radius 3 is 2.65 bits per heavy atom. The minimum atomic E-state index is -0.203. The molecule has 0 bridgehead atoms. The molecule has 1 aromatic carbocycles. The molecule has 0 amide bonds. The third-order valence-corrected chi connectivity index (χ3v) is 3.85. The summed E-state index contributed by atoms with van der Waals surface area (Å²) < 4.78 is 7.95. The monoisotopic (exact) mass is 311 g/mol. The Bertz CT molecular complexity index is 747. The molecule has 6 nitrogen and oxygen atoms in total. The molecular formula is C17H21N5O. The molecule has 2 heterocycles. The van der Waals surface area contributed by atoms with Gasteiger partial charge in [0.15, 0.2) is 0 Å². The summed E-state index contributed by atoms with van der Waals surface area (Å²) in [4.78, 5) is 4.57. The molecule has 6 heteroatoms. The number of nitrogens with one attached hydrogen (secondary N) is 1. The smallest absolute Gasteiger partial charge is 0.130 e. The highest BCUT2D eigenvalue weighted by atomic mass is 16.5. The van der Waals surface area contributed by atoms with Gasteiger partial charge in [-0.15, -0.1) is 0 Å². The van der Waals surface area contributed by atoms with Gasteiger partial charge in [-0.1, -0.05) is 44.2 Å². The molecule has 0 radical (unpaired) electrons. The number of benzene rings is 1. The summed E-state index contributed by atoms with van der Waals surface area (Å²) in [5.74, 6) is 0.962. The van der Waals surface area contributed by atoms with E-state index in [1.807, 2.05) is 36.0 Å². The summed E-state index contributed by atoms with van der Waals surface area (Å²) in [6.45, 7) is 5.45. The van der Waals surface area contributed by atoms with Crippen molar-refractivity contribution in [2.75, 3.05) is 6.61 Å². The molecule has 120 valence electrons. The topological polar surface area (TPSA) is 68.6 Å². The maximum Gasteiger partial charge on any atom is 0.130 e. The fourth-order valence-corrected chi connectivity index (χ4v) is 2.66. The number of hydrogen-bond acceptors (Lipinski definition) is 4. The molecule has 0 saturated carbocycles. The lowest BCUT2D eigenvalue weighted by atomic mass is 9.93. The third-order valence-electron chi connectivity index (χ3n) is 3.85. The van der Waals surface area contributed by atoms with E-state index < -0.39 is 0 Å². The molecule has 0 atom stereocenters. The molecule has 0 fully saturated rings. The lowest BCUT2D eigenvalue weighted by Crippen LogP contribution is -2.28. The lowest BCUT2D eigenvalue weighted by Gasteiger charge is -2.24. The van der Waals surface area contributed by atoms with Crippen LogP contribution in [0.25, 0.3) is 11.4 Å². The minimum Gasteiger partial charge on any atom is -0.376 e. The number of aromatic nitrogens is 5. The van der Waals surface area contributed by atoms with Gasteiger partial charge in [0.05, 0.1) is 31.3 Å². The second-order valence-corrected chi connectivity index (χ2v) is 6.24. The normalized spacial score (nSPS) is 11.8. The second kappa shape index (κ2) is 6.34. The minimum absolute atomic E-state index is 0.203. The molecular weight excluding hydrogens is 290 g/mol. The van der Waals surface area contributed by atoms with Gasteiger partial charge in [-0.25, -0.2) is 4.98 Å². The zero-order valence-electron chi connectivity index (χ0n) is 13.7. The number of imidazole rings is 1. The van der Waals surface area contributed by atoms with E-state index in [4.69, 9.17) is 4.74 Å². The lowest BCUT2D eigenvalue weighted by molar-refractivity contribution is 0.0787. The van der Waals surface area contributed by atoms with Crippen molar-refractivity contribution in [3.8, 4) is 11.4 Å². The first-order valence-corrected chi connectivity index (χ1v) is 7.58. The molecule has 3 aromatic rings. The molecule has 0 saturated heterocycles. The standard InChI is InChI=1S/C17H21N5O/c1-17(2,12-23-11-13-7-5-4-6-8-13)16-18-10-15(22(16)3)14-9-19-21-20-14/h4-10H,11-12H2,1-3H3,(H,19,20,21). The SMILES string of the molecule is Cn1c(-c2cn[nH]n2)cnc1C(C)(C)COCc1ccccc1. The van der Waals surface area contributed by atoms with Crippen molar-refractivity contribution in [2.24, 2.45) is 7.05 Å². The van der Waals surface area contributed by atoms with E-state index in [1.165, 1.54) is 5.56 Å². The molecule has 0 aliphatic heterocycles. The maximum absolute atomic E-state index is 5.91. The van der Waals surface area contributed by atoms with Crippen LogP contribution in [0.15, 0.2) is 42.7 Å². The average molecular weight is 311 g/mol. The van der Waals surface area contributed by atoms with E-state index >= 15 is 0 Å². The quantitative estimate of drug-likeness (QED) is 0.760. The number of H-pyrrole nitrogens is 1. The van der Waals surface area contributed by atoms with Gasteiger partial charge in [-0.2, -0.15) is 15.4 Å². The average Bonchev–Trinajstić information content (AvgIpc) is 3.17. The molecule has 3 rings (SSSR count). The van der Waals surface area contributed by atoms with Gasteiger partial charge in [0, 0.05) is 12.5 Å². The highest BCUT2D eigenvalue weighted by molar-refractivity contribution is 5.52. The van der Waals surface area contributed by atoms with Crippen LogP contribution < -0.4 is 0 Å².